The fraction of sp³-hybridized carbons (Fsp3) is 0.650. The summed E-state index contributed by atoms with van der Waals surface area (Å²) in [5, 5.41) is 6.53. The van der Waals surface area contributed by atoms with Crippen LogP contribution in [-0.2, 0) is 16.0 Å². The monoisotopic (exact) mass is 493 g/mol. The van der Waals surface area contributed by atoms with Crippen LogP contribution < -0.4 is 15.4 Å². The Morgan fingerprint density at radius 3 is 2.48 bits per heavy atom. The zero-order chi connectivity index (χ0) is 19.0. The predicted molar refractivity (Wildman–Crippen MR) is 122 cm³/mol. The number of nitrogens with zero attached hydrogens (tertiary/aromatic N) is 1. The van der Waals surface area contributed by atoms with Crippen molar-refractivity contribution in [1.82, 2.24) is 10.6 Å². The summed E-state index contributed by atoms with van der Waals surface area (Å²) in [5.41, 5.74) is 1.14. The Bertz CT molecular complexity index is 513. The smallest absolute Gasteiger partial charge is 0.191 e. The number of hydrogen-bond acceptors (Lipinski definition) is 4. The number of aliphatic imine (C=N–C) groups is 1. The number of guanidine groups is 1. The fourth-order valence-electron chi connectivity index (χ4n) is 2.22. The van der Waals surface area contributed by atoms with Gasteiger partial charge >= 0.3 is 0 Å². The second kappa shape index (κ2) is 17.1. The largest absolute Gasteiger partial charge is 0.491 e. The SMILES string of the molecule is CCCCOCCOCCNC(=NC)NCc1cccc(OC(C)C)c1.I. The first kappa shape index (κ1) is 25.9. The summed E-state index contributed by atoms with van der Waals surface area (Å²) >= 11 is 0. The van der Waals surface area contributed by atoms with Crippen LogP contribution in [-0.4, -0.2) is 52.1 Å². The maximum Gasteiger partial charge on any atom is 0.191 e. The van der Waals surface area contributed by atoms with Gasteiger partial charge in [0, 0.05) is 26.7 Å². The molecule has 0 unspecified atom stereocenters. The molecule has 0 heterocycles. The van der Waals surface area contributed by atoms with Crippen molar-refractivity contribution in [2.24, 2.45) is 4.99 Å². The second-order valence-electron chi connectivity index (χ2n) is 6.24. The second-order valence-corrected chi connectivity index (χ2v) is 6.24. The standard InChI is InChI=1S/C20H35N3O3.HI/c1-5-6-11-24-13-14-25-12-10-22-20(21-4)23-16-18-8-7-9-19(15-18)26-17(2)3;/h7-9,15,17H,5-6,10-14,16H2,1-4H3,(H2,21,22,23);1H. The highest BCUT2D eigenvalue weighted by Crippen LogP contribution is 2.14. The van der Waals surface area contributed by atoms with Crippen LogP contribution in [0, 0.1) is 0 Å². The maximum atomic E-state index is 5.72. The molecule has 0 saturated heterocycles. The first-order valence-corrected chi connectivity index (χ1v) is 9.51. The summed E-state index contributed by atoms with van der Waals surface area (Å²) < 4.78 is 16.7. The molecule has 6 nitrogen and oxygen atoms in total. The highest BCUT2D eigenvalue weighted by molar-refractivity contribution is 14.0. The summed E-state index contributed by atoms with van der Waals surface area (Å²) in [6.07, 6.45) is 2.44. The molecule has 0 fully saturated rings. The van der Waals surface area contributed by atoms with Gasteiger partial charge in [-0.15, -0.1) is 24.0 Å². The summed E-state index contributed by atoms with van der Waals surface area (Å²) in [6, 6.07) is 8.08. The number of unbranched alkanes of at least 4 members (excludes halogenated alkanes) is 1. The van der Waals surface area contributed by atoms with Crippen LogP contribution in [0.3, 0.4) is 0 Å². The van der Waals surface area contributed by atoms with E-state index < -0.39 is 0 Å². The Balaban J connectivity index is 0.00000676. The van der Waals surface area contributed by atoms with Crippen molar-refractivity contribution in [3.8, 4) is 5.75 Å². The van der Waals surface area contributed by atoms with Crippen LogP contribution in [0.15, 0.2) is 29.3 Å². The van der Waals surface area contributed by atoms with Crippen molar-refractivity contribution in [2.75, 3.05) is 40.0 Å². The normalized spacial score (nSPS) is 11.2. The first-order valence-electron chi connectivity index (χ1n) is 9.51. The van der Waals surface area contributed by atoms with E-state index >= 15 is 0 Å². The molecule has 156 valence electrons. The van der Waals surface area contributed by atoms with Gasteiger partial charge in [0.25, 0.3) is 0 Å². The molecule has 0 atom stereocenters. The van der Waals surface area contributed by atoms with Crippen LogP contribution in [0.2, 0.25) is 0 Å². The lowest BCUT2D eigenvalue weighted by atomic mass is 10.2. The van der Waals surface area contributed by atoms with Gasteiger partial charge in [-0.2, -0.15) is 0 Å². The number of halogens is 1. The number of hydrogen-bond donors (Lipinski definition) is 2. The van der Waals surface area contributed by atoms with Crippen molar-refractivity contribution in [3.63, 3.8) is 0 Å². The van der Waals surface area contributed by atoms with Crippen molar-refractivity contribution < 1.29 is 14.2 Å². The molecule has 0 spiro atoms. The lowest BCUT2D eigenvalue weighted by Gasteiger charge is -2.14. The Morgan fingerprint density at radius 1 is 1.07 bits per heavy atom. The number of ether oxygens (including phenoxy) is 3. The van der Waals surface area contributed by atoms with Crippen LogP contribution in [0.5, 0.6) is 5.75 Å². The average molecular weight is 493 g/mol. The lowest BCUT2D eigenvalue weighted by molar-refractivity contribution is 0.0487. The van der Waals surface area contributed by atoms with E-state index in [1.54, 1.807) is 7.05 Å². The van der Waals surface area contributed by atoms with E-state index in [9.17, 15) is 0 Å². The van der Waals surface area contributed by atoms with Gasteiger partial charge in [0.05, 0.1) is 25.9 Å². The van der Waals surface area contributed by atoms with Gasteiger partial charge in [0.2, 0.25) is 0 Å². The summed E-state index contributed by atoms with van der Waals surface area (Å²) in [5.74, 6) is 1.64. The van der Waals surface area contributed by atoms with E-state index in [1.807, 2.05) is 32.0 Å². The minimum Gasteiger partial charge on any atom is -0.491 e. The Hall–Kier alpha value is -1.06. The van der Waals surface area contributed by atoms with Crippen molar-refractivity contribution >= 4 is 29.9 Å². The third kappa shape index (κ3) is 13.7. The van der Waals surface area contributed by atoms with E-state index in [0.717, 1.165) is 36.7 Å². The molecule has 0 saturated carbocycles. The molecule has 0 radical (unpaired) electrons. The highest BCUT2D eigenvalue weighted by Gasteiger charge is 2.01. The Kier molecular flexibility index (Phi) is 16.4. The molecular formula is C20H36IN3O3. The molecular weight excluding hydrogens is 457 g/mol. The van der Waals surface area contributed by atoms with Gasteiger partial charge in [0.15, 0.2) is 5.96 Å². The van der Waals surface area contributed by atoms with E-state index in [2.05, 4.69) is 28.6 Å². The van der Waals surface area contributed by atoms with Crippen molar-refractivity contribution in [2.45, 2.75) is 46.3 Å². The van der Waals surface area contributed by atoms with E-state index in [1.165, 1.54) is 0 Å². The summed E-state index contributed by atoms with van der Waals surface area (Å²) in [7, 11) is 1.76. The third-order valence-corrected chi connectivity index (χ3v) is 3.51. The van der Waals surface area contributed by atoms with Gasteiger partial charge in [-0.25, -0.2) is 0 Å². The fourth-order valence-corrected chi connectivity index (χ4v) is 2.22. The molecule has 1 aromatic rings. The van der Waals surface area contributed by atoms with Crippen LogP contribution in [0.4, 0.5) is 0 Å². The molecule has 2 N–H and O–H groups in total. The zero-order valence-corrected chi connectivity index (χ0v) is 19.5. The quantitative estimate of drug-likeness (QED) is 0.190. The molecule has 0 aliphatic rings. The predicted octanol–water partition coefficient (Wildman–Crippen LogP) is 3.59. The van der Waals surface area contributed by atoms with Gasteiger partial charge < -0.3 is 24.8 Å². The topological polar surface area (TPSA) is 64.1 Å². The number of benzene rings is 1. The highest BCUT2D eigenvalue weighted by atomic mass is 127. The van der Waals surface area contributed by atoms with Gasteiger partial charge in [-0.05, 0) is 38.0 Å². The summed E-state index contributed by atoms with van der Waals surface area (Å²) in [6.45, 7) is 10.3. The minimum absolute atomic E-state index is 0. The third-order valence-electron chi connectivity index (χ3n) is 3.51. The van der Waals surface area contributed by atoms with Gasteiger partial charge in [0.1, 0.15) is 5.75 Å². The molecule has 0 bridgehead atoms. The molecule has 1 rings (SSSR count). The molecule has 0 aliphatic carbocycles. The molecule has 0 amide bonds. The molecule has 7 heteroatoms. The number of rotatable bonds is 13. The van der Waals surface area contributed by atoms with E-state index in [-0.39, 0.29) is 30.1 Å². The van der Waals surface area contributed by atoms with Crippen molar-refractivity contribution in [1.29, 1.82) is 0 Å². The average Bonchev–Trinajstić information content (AvgIpc) is 2.62. The number of nitrogens with one attached hydrogen (secondary N) is 2. The van der Waals surface area contributed by atoms with Crippen LogP contribution in [0.25, 0.3) is 0 Å². The first-order chi connectivity index (χ1) is 12.7. The van der Waals surface area contributed by atoms with Crippen molar-refractivity contribution in [3.05, 3.63) is 29.8 Å². The molecule has 27 heavy (non-hydrogen) atoms. The van der Waals surface area contributed by atoms with Gasteiger partial charge in [-0.1, -0.05) is 25.5 Å². The van der Waals surface area contributed by atoms with Gasteiger partial charge in [-0.3, -0.25) is 4.99 Å². The maximum absolute atomic E-state index is 5.72. The Morgan fingerprint density at radius 2 is 1.81 bits per heavy atom. The molecule has 0 aliphatic heterocycles. The molecule has 0 aromatic heterocycles. The van der Waals surface area contributed by atoms with E-state index in [4.69, 9.17) is 14.2 Å². The van der Waals surface area contributed by atoms with E-state index in [0.29, 0.717) is 32.9 Å². The minimum atomic E-state index is 0. The van der Waals surface area contributed by atoms with Crippen LogP contribution in [0.1, 0.15) is 39.2 Å². The molecule has 1 aromatic carbocycles. The zero-order valence-electron chi connectivity index (χ0n) is 17.1. The Labute approximate surface area is 181 Å². The van der Waals surface area contributed by atoms with Crippen LogP contribution >= 0.6 is 24.0 Å². The lowest BCUT2D eigenvalue weighted by Crippen LogP contribution is -2.38. The summed E-state index contributed by atoms with van der Waals surface area (Å²) in [4.78, 5) is 4.22.